The highest BCUT2D eigenvalue weighted by Crippen LogP contribution is 2.05. The summed E-state index contributed by atoms with van der Waals surface area (Å²) >= 11 is 0. The van der Waals surface area contributed by atoms with Crippen LogP contribution in [0.4, 0.5) is 0 Å². The summed E-state index contributed by atoms with van der Waals surface area (Å²) < 4.78 is 29.1. The molecule has 0 fully saturated rings. The molecule has 0 aliphatic heterocycles. The van der Waals surface area contributed by atoms with Crippen molar-refractivity contribution in [1.82, 2.24) is 0 Å². The van der Waals surface area contributed by atoms with Gasteiger partial charge in [0.25, 0.3) is 10.1 Å². The molecule has 1 radical (unpaired) electrons. The zero-order valence-electron chi connectivity index (χ0n) is 7.05. The lowest BCUT2D eigenvalue weighted by atomic mass is 10.1. The summed E-state index contributed by atoms with van der Waals surface area (Å²) in [4.78, 5) is 0. The van der Waals surface area contributed by atoms with Gasteiger partial charge in [-0.05, 0) is 18.4 Å². The van der Waals surface area contributed by atoms with Crippen LogP contribution in [0.1, 0.15) is 12.0 Å². The summed E-state index contributed by atoms with van der Waals surface area (Å²) in [5.74, 6) is 0.917. The van der Waals surface area contributed by atoms with Crippen molar-refractivity contribution >= 4 is 10.1 Å². The van der Waals surface area contributed by atoms with Crippen LogP contribution in [0.5, 0.6) is 0 Å². The van der Waals surface area contributed by atoms with Crippen LogP contribution in [0.3, 0.4) is 0 Å². The minimum atomic E-state index is -3.92. The highest BCUT2D eigenvalue weighted by molar-refractivity contribution is 7.87. The van der Waals surface area contributed by atoms with Crippen LogP contribution in [-0.2, 0) is 16.5 Å². The lowest BCUT2D eigenvalue weighted by Gasteiger charge is -1.98. The van der Waals surface area contributed by atoms with Crippen LogP contribution in [0.15, 0.2) is 30.3 Å². The fraction of sp³-hybridized carbons (Fsp3) is 0.222. The van der Waals surface area contributed by atoms with E-state index in [-0.39, 0.29) is 0 Å². The molecule has 71 valence electrons. The predicted molar refractivity (Wildman–Crippen MR) is 50.6 cm³/mol. The van der Waals surface area contributed by atoms with E-state index in [4.69, 9.17) is 4.55 Å². The maximum atomic E-state index is 10.3. The fourth-order valence-corrected chi connectivity index (χ4v) is 1.43. The largest absolute Gasteiger partial charge is 0.285 e. The third-order valence-corrected chi connectivity index (χ3v) is 2.26. The summed E-state index contributed by atoms with van der Waals surface area (Å²) in [6.45, 7) is 0. The van der Waals surface area contributed by atoms with Gasteiger partial charge in [-0.15, -0.1) is 0 Å². The average molecular weight is 199 g/mol. The molecule has 0 heterocycles. The maximum absolute atomic E-state index is 10.3. The van der Waals surface area contributed by atoms with Crippen LogP contribution >= 0.6 is 0 Å². The minimum absolute atomic E-state index is 0.336. The van der Waals surface area contributed by atoms with Crippen LogP contribution in [0.25, 0.3) is 0 Å². The van der Waals surface area contributed by atoms with E-state index in [0.717, 1.165) is 11.3 Å². The first-order valence-electron chi connectivity index (χ1n) is 3.92. The van der Waals surface area contributed by atoms with Gasteiger partial charge in [-0.1, -0.05) is 30.3 Å². The standard InChI is InChI=1S/C9H11O3S/c10-13(11,12)8-4-7-9-5-2-1-3-6-9/h1-3,5-6,8H,4,7H2,(H,10,11,12). The summed E-state index contributed by atoms with van der Waals surface area (Å²) in [5.41, 5.74) is 1.06. The molecular weight excluding hydrogens is 188 g/mol. The first kappa shape index (κ1) is 10.2. The molecule has 1 rings (SSSR count). The zero-order chi connectivity index (χ0) is 9.73. The minimum Gasteiger partial charge on any atom is -0.285 e. The lowest BCUT2D eigenvalue weighted by molar-refractivity contribution is 0.488. The van der Waals surface area contributed by atoms with Gasteiger partial charge in [-0.25, -0.2) is 0 Å². The molecule has 0 saturated carbocycles. The average Bonchev–Trinajstić information content (AvgIpc) is 2.04. The fourth-order valence-electron chi connectivity index (χ4n) is 1.02. The highest BCUT2D eigenvalue weighted by Gasteiger charge is 2.04. The molecule has 0 bridgehead atoms. The quantitative estimate of drug-likeness (QED) is 0.750. The number of rotatable bonds is 4. The topological polar surface area (TPSA) is 54.4 Å². The Morgan fingerprint density at radius 2 is 1.85 bits per heavy atom. The van der Waals surface area contributed by atoms with Crippen molar-refractivity contribution in [2.24, 2.45) is 0 Å². The normalized spacial score (nSPS) is 11.5. The predicted octanol–water partition coefficient (Wildman–Crippen LogP) is 1.67. The van der Waals surface area contributed by atoms with Crippen molar-refractivity contribution in [1.29, 1.82) is 0 Å². The molecule has 4 heteroatoms. The van der Waals surface area contributed by atoms with Gasteiger partial charge in [0.2, 0.25) is 0 Å². The van der Waals surface area contributed by atoms with Crippen molar-refractivity contribution in [2.45, 2.75) is 12.8 Å². The molecule has 0 unspecified atom stereocenters. The summed E-state index contributed by atoms with van der Waals surface area (Å²) in [5, 5.41) is 0. The van der Waals surface area contributed by atoms with Crippen LogP contribution in [0, 0.1) is 5.75 Å². The van der Waals surface area contributed by atoms with E-state index in [9.17, 15) is 8.42 Å². The Bertz CT molecular complexity index is 342. The molecule has 0 atom stereocenters. The Labute approximate surface area is 78.2 Å². The molecule has 13 heavy (non-hydrogen) atoms. The summed E-state index contributed by atoms with van der Waals surface area (Å²) in [7, 11) is -3.92. The van der Waals surface area contributed by atoms with E-state index >= 15 is 0 Å². The van der Waals surface area contributed by atoms with E-state index in [1.807, 2.05) is 30.3 Å². The van der Waals surface area contributed by atoms with Crippen molar-refractivity contribution in [2.75, 3.05) is 0 Å². The number of hydrogen-bond acceptors (Lipinski definition) is 2. The molecule has 1 aromatic rings. The zero-order valence-corrected chi connectivity index (χ0v) is 7.87. The Morgan fingerprint density at radius 3 is 2.38 bits per heavy atom. The van der Waals surface area contributed by atoms with E-state index in [1.165, 1.54) is 0 Å². The molecule has 0 saturated heterocycles. The van der Waals surface area contributed by atoms with Gasteiger partial charge in [0.15, 0.2) is 0 Å². The summed E-state index contributed by atoms with van der Waals surface area (Å²) in [6.07, 6.45) is 0.962. The Hall–Kier alpha value is -0.870. The molecule has 1 N–H and O–H groups in total. The maximum Gasteiger partial charge on any atom is 0.269 e. The van der Waals surface area contributed by atoms with E-state index < -0.39 is 10.1 Å². The monoisotopic (exact) mass is 199 g/mol. The molecule has 0 amide bonds. The molecule has 1 aromatic carbocycles. The van der Waals surface area contributed by atoms with Crippen molar-refractivity contribution < 1.29 is 13.0 Å². The van der Waals surface area contributed by atoms with Gasteiger partial charge in [0.1, 0.15) is 5.75 Å². The van der Waals surface area contributed by atoms with Gasteiger partial charge >= 0.3 is 0 Å². The van der Waals surface area contributed by atoms with Crippen LogP contribution in [0.2, 0.25) is 0 Å². The highest BCUT2D eigenvalue weighted by atomic mass is 32.2. The number of aryl methyl sites for hydroxylation is 1. The van der Waals surface area contributed by atoms with Gasteiger partial charge in [-0.3, -0.25) is 4.55 Å². The van der Waals surface area contributed by atoms with Crippen LogP contribution < -0.4 is 0 Å². The van der Waals surface area contributed by atoms with Gasteiger partial charge < -0.3 is 0 Å². The van der Waals surface area contributed by atoms with Gasteiger partial charge in [0.05, 0.1) is 0 Å². The molecule has 0 aromatic heterocycles. The molecule has 0 spiro atoms. The van der Waals surface area contributed by atoms with Crippen molar-refractivity contribution in [3.05, 3.63) is 41.6 Å². The third-order valence-electron chi connectivity index (χ3n) is 1.60. The van der Waals surface area contributed by atoms with Crippen molar-refractivity contribution in [3.8, 4) is 0 Å². The second-order valence-corrected chi connectivity index (χ2v) is 4.07. The molecule has 0 aliphatic rings. The van der Waals surface area contributed by atoms with Gasteiger partial charge in [-0.2, -0.15) is 8.42 Å². The van der Waals surface area contributed by atoms with Crippen LogP contribution in [-0.4, -0.2) is 13.0 Å². The Kier molecular flexibility index (Phi) is 3.45. The second-order valence-electron chi connectivity index (χ2n) is 2.71. The SMILES string of the molecule is O=S(=O)(O)[CH]CCc1ccccc1. The third kappa shape index (κ3) is 4.65. The molecule has 3 nitrogen and oxygen atoms in total. The smallest absolute Gasteiger partial charge is 0.269 e. The molecular formula is C9H11O3S. The van der Waals surface area contributed by atoms with Gasteiger partial charge in [0, 0.05) is 0 Å². The Morgan fingerprint density at radius 1 is 1.23 bits per heavy atom. The Balaban J connectivity index is 2.37. The van der Waals surface area contributed by atoms with E-state index in [2.05, 4.69) is 0 Å². The van der Waals surface area contributed by atoms with E-state index in [1.54, 1.807) is 0 Å². The first-order chi connectivity index (χ1) is 6.08. The number of hydrogen-bond donors (Lipinski definition) is 1. The summed E-state index contributed by atoms with van der Waals surface area (Å²) in [6, 6.07) is 9.51. The molecule has 0 aliphatic carbocycles. The first-order valence-corrected chi connectivity index (χ1v) is 5.43. The second kappa shape index (κ2) is 4.39. The van der Waals surface area contributed by atoms with Crippen molar-refractivity contribution in [3.63, 3.8) is 0 Å². The lowest BCUT2D eigenvalue weighted by Crippen LogP contribution is -1.98. The van der Waals surface area contributed by atoms with E-state index in [0.29, 0.717) is 12.8 Å². The number of benzene rings is 1.